The van der Waals surface area contributed by atoms with Crippen molar-refractivity contribution in [2.45, 2.75) is 24.9 Å². The molecule has 0 heterocycles. The molecule has 0 radical (unpaired) electrons. The Balaban J connectivity index is 2.27. The predicted molar refractivity (Wildman–Crippen MR) is 96.7 cm³/mol. The lowest BCUT2D eigenvalue weighted by molar-refractivity contribution is 0.0304. The van der Waals surface area contributed by atoms with Crippen LogP contribution in [0, 0.1) is 11.8 Å². The zero-order chi connectivity index (χ0) is 15.5. The van der Waals surface area contributed by atoms with Crippen molar-refractivity contribution >= 4 is 23.5 Å². The monoisotopic (exact) mass is 320 g/mol. The maximum atomic E-state index is 11.3. The molecule has 1 N–H and O–H groups in total. The third-order valence-electron chi connectivity index (χ3n) is 4.45. The van der Waals surface area contributed by atoms with E-state index in [1.54, 1.807) is 23.5 Å². The molecule has 2 rings (SSSR count). The zero-order valence-corrected chi connectivity index (χ0v) is 14.6. The van der Waals surface area contributed by atoms with Crippen LogP contribution in [-0.4, -0.2) is 23.2 Å². The maximum absolute atomic E-state index is 11.3. The number of aliphatic hydroxyl groups is 1. The summed E-state index contributed by atoms with van der Waals surface area (Å²) in [6.07, 6.45) is 9.09. The van der Waals surface area contributed by atoms with Gasteiger partial charge in [0.1, 0.15) is 0 Å². The van der Waals surface area contributed by atoms with Gasteiger partial charge in [0.05, 0.1) is 5.60 Å². The van der Waals surface area contributed by atoms with Gasteiger partial charge in [-0.25, -0.2) is 0 Å². The number of benzene rings is 1. The largest absolute Gasteiger partial charge is 0.385 e. The number of hydrogen-bond acceptors (Lipinski definition) is 3. The van der Waals surface area contributed by atoms with Crippen molar-refractivity contribution < 1.29 is 5.11 Å². The second-order valence-electron chi connectivity index (χ2n) is 5.64. The molecule has 1 aromatic rings. The van der Waals surface area contributed by atoms with Crippen LogP contribution in [0.1, 0.15) is 24.8 Å². The van der Waals surface area contributed by atoms with Gasteiger partial charge < -0.3 is 5.11 Å². The molecule has 4 atom stereocenters. The summed E-state index contributed by atoms with van der Waals surface area (Å²) in [6, 6.07) is 10.5. The van der Waals surface area contributed by atoms with Gasteiger partial charge in [-0.15, -0.1) is 30.1 Å². The Hall–Kier alpha value is -0.640. The topological polar surface area (TPSA) is 20.2 Å². The quantitative estimate of drug-likeness (QED) is 0.721. The maximum Gasteiger partial charge on any atom is 0.0939 e. The second kappa shape index (κ2) is 7.08. The van der Waals surface area contributed by atoms with E-state index in [2.05, 4.69) is 56.4 Å². The molecule has 0 aromatic heterocycles. The summed E-state index contributed by atoms with van der Waals surface area (Å²) in [6.45, 7) is 5.95. The third-order valence-corrected chi connectivity index (χ3v) is 6.49. The Bertz CT molecular complexity index is 505. The Kier molecular flexibility index (Phi) is 5.64. The van der Waals surface area contributed by atoms with Gasteiger partial charge in [0.15, 0.2) is 0 Å². The van der Waals surface area contributed by atoms with Crippen molar-refractivity contribution in [2.24, 2.45) is 11.8 Å². The molecule has 114 valence electrons. The standard InChI is InChI=1S/C18H24OS2/c1-5-13(2)18(19,12-17(20-3)21-4)16-11-15(16)14-9-7-6-8-10-14/h5-10,12-13,15-16,19H,1,11H2,2-4H3. The lowest BCUT2D eigenvalue weighted by Gasteiger charge is -2.31. The van der Waals surface area contributed by atoms with Crippen molar-refractivity contribution in [3.05, 3.63) is 58.9 Å². The molecule has 0 amide bonds. The van der Waals surface area contributed by atoms with E-state index in [0.29, 0.717) is 5.92 Å². The molecule has 0 spiro atoms. The summed E-state index contributed by atoms with van der Waals surface area (Å²) >= 11 is 3.39. The van der Waals surface area contributed by atoms with Gasteiger partial charge >= 0.3 is 0 Å². The van der Waals surface area contributed by atoms with Gasteiger partial charge in [-0.05, 0) is 42.4 Å². The fraction of sp³-hybridized carbons (Fsp3) is 0.444. The predicted octanol–water partition coefficient (Wildman–Crippen LogP) is 4.91. The Morgan fingerprint density at radius 1 is 1.33 bits per heavy atom. The first-order chi connectivity index (χ1) is 10.1. The number of rotatable bonds is 7. The third kappa shape index (κ3) is 3.58. The van der Waals surface area contributed by atoms with Crippen LogP contribution in [0.25, 0.3) is 0 Å². The minimum atomic E-state index is -0.802. The molecule has 1 fully saturated rings. The van der Waals surface area contributed by atoms with Crippen LogP contribution < -0.4 is 0 Å². The van der Waals surface area contributed by atoms with Crippen molar-refractivity contribution in [1.29, 1.82) is 0 Å². The Morgan fingerprint density at radius 3 is 2.48 bits per heavy atom. The molecule has 1 aromatic carbocycles. The first kappa shape index (κ1) is 16.7. The Morgan fingerprint density at radius 2 is 1.95 bits per heavy atom. The average Bonchev–Trinajstić information content (AvgIpc) is 3.33. The van der Waals surface area contributed by atoms with Gasteiger partial charge in [0.2, 0.25) is 0 Å². The van der Waals surface area contributed by atoms with Crippen LogP contribution in [0.5, 0.6) is 0 Å². The second-order valence-corrected chi connectivity index (χ2v) is 7.60. The smallest absolute Gasteiger partial charge is 0.0939 e. The molecule has 3 heteroatoms. The molecule has 4 unspecified atom stereocenters. The molecule has 21 heavy (non-hydrogen) atoms. The van der Waals surface area contributed by atoms with Crippen LogP contribution >= 0.6 is 23.5 Å². The molecule has 1 saturated carbocycles. The minimum absolute atomic E-state index is 0.0468. The molecule has 0 bridgehead atoms. The minimum Gasteiger partial charge on any atom is -0.385 e. The van der Waals surface area contributed by atoms with E-state index in [0.717, 1.165) is 6.42 Å². The molecule has 1 nitrogen and oxygen atoms in total. The summed E-state index contributed by atoms with van der Waals surface area (Å²) in [5, 5.41) is 11.3. The van der Waals surface area contributed by atoms with Crippen LogP contribution in [0.3, 0.4) is 0 Å². The molecule has 0 aliphatic heterocycles. The number of thioether (sulfide) groups is 2. The van der Waals surface area contributed by atoms with Crippen LogP contribution in [0.4, 0.5) is 0 Å². The van der Waals surface area contributed by atoms with E-state index in [-0.39, 0.29) is 11.8 Å². The fourth-order valence-electron chi connectivity index (χ4n) is 2.93. The van der Waals surface area contributed by atoms with E-state index < -0.39 is 5.60 Å². The average molecular weight is 321 g/mol. The lowest BCUT2D eigenvalue weighted by atomic mass is 9.82. The first-order valence-electron chi connectivity index (χ1n) is 7.27. The summed E-state index contributed by atoms with van der Waals surface area (Å²) in [4.78, 5) is 0. The molecular formula is C18H24OS2. The molecule has 1 aliphatic rings. The fourth-order valence-corrected chi connectivity index (χ4v) is 4.21. The van der Waals surface area contributed by atoms with Gasteiger partial charge in [-0.1, -0.05) is 43.3 Å². The van der Waals surface area contributed by atoms with E-state index in [1.807, 2.05) is 12.1 Å². The Labute approximate surface area is 136 Å². The van der Waals surface area contributed by atoms with E-state index in [1.165, 1.54) is 9.80 Å². The lowest BCUT2D eigenvalue weighted by Crippen LogP contribution is -2.36. The van der Waals surface area contributed by atoms with Crippen molar-refractivity contribution in [1.82, 2.24) is 0 Å². The summed E-state index contributed by atoms with van der Waals surface area (Å²) < 4.78 is 1.17. The van der Waals surface area contributed by atoms with Gasteiger partial charge in [-0.2, -0.15) is 0 Å². The van der Waals surface area contributed by atoms with E-state index in [9.17, 15) is 5.11 Å². The van der Waals surface area contributed by atoms with Crippen molar-refractivity contribution in [3.8, 4) is 0 Å². The summed E-state index contributed by atoms with van der Waals surface area (Å²) in [5.41, 5.74) is 0.532. The molecule has 0 saturated heterocycles. The van der Waals surface area contributed by atoms with Crippen LogP contribution in [0.15, 0.2) is 53.3 Å². The van der Waals surface area contributed by atoms with E-state index in [4.69, 9.17) is 0 Å². The highest BCUT2D eigenvalue weighted by atomic mass is 32.2. The summed E-state index contributed by atoms with van der Waals surface area (Å²) in [5.74, 6) is 0.785. The highest BCUT2D eigenvalue weighted by Gasteiger charge is 2.53. The SMILES string of the molecule is C=CC(C)C(O)(C=C(SC)SC)C1CC1c1ccccc1. The highest BCUT2D eigenvalue weighted by molar-refractivity contribution is 8.21. The van der Waals surface area contributed by atoms with E-state index >= 15 is 0 Å². The van der Waals surface area contributed by atoms with Gasteiger partial charge in [0.25, 0.3) is 0 Å². The van der Waals surface area contributed by atoms with Gasteiger partial charge in [-0.3, -0.25) is 0 Å². The highest BCUT2D eigenvalue weighted by Crippen LogP contribution is 2.56. The molecule has 1 aliphatic carbocycles. The van der Waals surface area contributed by atoms with Crippen LogP contribution in [-0.2, 0) is 0 Å². The van der Waals surface area contributed by atoms with Crippen molar-refractivity contribution in [2.75, 3.05) is 12.5 Å². The van der Waals surface area contributed by atoms with Gasteiger partial charge in [0, 0.05) is 10.2 Å². The van der Waals surface area contributed by atoms with Crippen LogP contribution in [0.2, 0.25) is 0 Å². The first-order valence-corrected chi connectivity index (χ1v) is 9.72. The molecular weight excluding hydrogens is 296 g/mol. The zero-order valence-electron chi connectivity index (χ0n) is 13.0. The normalized spacial score (nSPS) is 24.8. The van der Waals surface area contributed by atoms with Crippen molar-refractivity contribution in [3.63, 3.8) is 0 Å². The summed E-state index contributed by atoms with van der Waals surface area (Å²) in [7, 11) is 0. The number of hydrogen-bond donors (Lipinski definition) is 1.